The molecule has 128 valence electrons. The van der Waals surface area contributed by atoms with Gasteiger partial charge < -0.3 is 5.32 Å². The highest BCUT2D eigenvalue weighted by Gasteiger charge is 2.24. The molecule has 0 saturated heterocycles. The van der Waals surface area contributed by atoms with Crippen molar-refractivity contribution in [3.05, 3.63) is 76.9 Å². The van der Waals surface area contributed by atoms with Gasteiger partial charge in [-0.2, -0.15) is 0 Å². The average molecular weight is 349 g/mol. The third-order valence-electron chi connectivity index (χ3n) is 3.05. The van der Waals surface area contributed by atoms with Gasteiger partial charge in [-0.05, 0) is 12.1 Å². The first kappa shape index (κ1) is 17.2. The summed E-state index contributed by atoms with van der Waals surface area (Å²) in [4.78, 5) is 40.1. The van der Waals surface area contributed by atoms with Gasteiger partial charge in [0.2, 0.25) is 0 Å². The molecule has 0 aliphatic rings. The summed E-state index contributed by atoms with van der Waals surface area (Å²) in [5.41, 5.74) is -2.91. The molecule has 0 radical (unpaired) electrons. The number of nitrogens with one attached hydrogen (secondary N) is 1. The van der Waals surface area contributed by atoms with Gasteiger partial charge in [-0.15, -0.1) is 0 Å². The van der Waals surface area contributed by atoms with E-state index in [-0.39, 0.29) is 11.4 Å². The Hall–Kier alpha value is -4.16. The fourth-order valence-electron chi connectivity index (χ4n) is 1.93. The Morgan fingerprint density at radius 3 is 1.24 bits per heavy atom. The number of benzene rings is 2. The lowest BCUT2D eigenvalue weighted by atomic mass is 10.2. The molecule has 0 aromatic heterocycles. The zero-order chi connectivity index (χ0) is 18.7. The lowest BCUT2D eigenvalue weighted by Crippen LogP contribution is -2.02. The predicted molar refractivity (Wildman–Crippen MR) is 82.8 cm³/mol. The Bertz CT molecular complexity index is 839. The molecule has 0 spiro atoms. The number of rotatable bonds is 6. The summed E-state index contributed by atoms with van der Waals surface area (Å²) in [5.74, 6) is 0. The van der Waals surface area contributed by atoms with Gasteiger partial charge in [0.05, 0.1) is 31.8 Å². The van der Waals surface area contributed by atoms with Crippen LogP contribution in [0.15, 0.2) is 36.4 Å². The van der Waals surface area contributed by atoms with Gasteiger partial charge in [-0.3, -0.25) is 40.5 Å². The zero-order valence-electron chi connectivity index (χ0n) is 12.0. The molecular weight excluding hydrogens is 342 g/mol. The minimum absolute atomic E-state index is 0.243. The van der Waals surface area contributed by atoms with Crippen molar-refractivity contribution in [1.29, 1.82) is 0 Å². The van der Waals surface area contributed by atoms with Crippen molar-refractivity contribution in [2.75, 3.05) is 5.32 Å². The Labute approximate surface area is 137 Å². The fraction of sp³-hybridized carbons (Fsp3) is 0. The van der Waals surface area contributed by atoms with E-state index in [1.165, 1.54) is 0 Å². The minimum atomic E-state index is -0.896. The van der Waals surface area contributed by atoms with Crippen molar-refractivity contribution in [3.8, 4) is 0 Å². The Balaban J connectivity index is 2.52. The number of nitro benzene ring substituents is 4. The molecule has 0 fully saturated rings. The van der Waals surface area contributed by atoms with Crippen molar-refractivity contribution in [2.24, 2.45) is 0 Å². The van der Waals surface area contributed by atoms with E-state index in [1.54, 1.807) is 0 Å². The van der Waals surface area contributed by atoms with E-state index < -0.39 is 42.4 Å². The van der Waals surface area contributed by atoms with Crippen LogP contribution in [-0.4, -0.2) is 19.7 Å². The van der Waals surface area contributed by atoms with Gasteiger partial charge in [0.25, 0.3) is 22.7 Å². The maximum atomic E-state index is 11.1. The number of anilines is 2. The van der Waals surface area contributed by atoms with E-state index in [2.05, 4.69) is 5.32 Å². The second-order valence-corrected chi connectivity index (χ2v) is 4.56. The van der Waals surface area contributed by atoms with Gasteiger partial charge in [-0.1, -0.05) is 0 Å². The van der Waals surface area contributed by atoms with E-state index >= 15 is 0 Å². The first-order valence-corrected chi connectivity index (χ1v) is 6.33. The van der Waals surface area contributed by atoms with Crippen LogP contribution in [0.1, 0.15) is 0 Å². The first-order chi connectivity index (χ1) is 11.7. The van der Waals surface area contributed by atoms with Gasteiger partial charge in [0.1, 0.15) is 11.4 Å². The van der Waals surface area contributed by atoms with Crippen LogP contribution in [0, 0.1) is 40.5 Å². The van der Waals surface area contributed by atoms with Gasteiger partial charge in [0, 0.05) is 12.1 Å². The highest BCUT2D eigenvalue weighted by atomic mass is 16.6. The second kappa shape index (κ2) is 6.53. The standard InChI is InChI=1S/C12H7N5O8/c18-14(19)7-1-3-9(11(5-7)16(22)23)13-10-4-2-8(15(20)21)6-12(10)17(24)25/h1-6,13H. The van der Waals surface area contributed by atoms with Crippen molar-refractivity contribution >= 4 is 34.1 Å². The smallest absolute Gasteiger partial charge is 0.299 e. The number of nitrogens with zero attached hydrogens (tertiary/aromatic N) is 4. The van der Waals surface area contributed by atoms with Crippen LogP contribution in [0.4, 0.5) is 34.1 Å². The number of nitro groups is 4. The summed E-state index contributed by atoms with van der Waals surface area (Å²) in [6.07, 6.45) is 0. The molecule has 0 bridgehead atoms. The maximum Gasteiger partial charge on any atom is 0.299 e. The summed E-state index contributed by atoms with van der Waals surface area (Å²) < 4.78 is 0. The number of hydrogen-bond acceptors (Lipinski definition) is 9. The van der Waals surface area contributed by atoms with E-state index in [1.807, 2.05) is 0 Å². The first-order valence-electron chi connectivity index (χ1n) is 6.33. The summed E-state index contributed by atoms with van der Waals surface area (Å²) in [6, 6.07) is 5.38. The molecule has 25 heavy (non-hydrogen) atoms. The zero-order valence-corrected chi connectivity index (χ0v) is 12.0. The molecular formula is C12H7N5O8. The second-order valence-electron chi connectivity index (χ2n) is 4.56. The summed E-state index contributed by atoms with van der Waals surface area (Å²) in [5, 5.41) is 45.9. The highest BCUT2D eigenvalue weighted by Crippen LogP contribution is 2.36. The van der Waals surface area contributed by atoms with Crippen LogP contribution in [0.3, 0.4) is 0 Å². The molecule has 0 atom stereocenters. The lowest BCUT2D eigenvalue weighted by molar-refractivity contribution is -0.393. The Morgan fingerprint density at radius 2 is 0.960 bits per heavy atom. The predicted octanol–water partition coefficient (Wildman–Crippen LogP) is 3.06. The molecule has 2 aromatic carbocycles. The quantitative estimate of drug-likeness (QED) is 0.604. The SMILES string of the molecule is O=[N+]([O-])c1ccc(Nc2ccc([N+](=O)[O-])cc2[N+](=O)[O-])c([N+](=O)[O-])c1. The molecule has 0 aliphatic carbocycles. The fourth-order valence-corrected chi connectivity index (χ4v) is 1.93. The van der Waals surface area contributed by atoms with Gasteiger partial charge >= 0.3 is 0 Å². The van der Waals surface area contributed by atoms with E-state index in [4.69, 9.17) is 0 Å². The van der Waals surface area contributed by atoms with Crippen molar-refractivity contribution in [1.82, 2.24) is 0 Å². The number of non-ortho nitro benzene ring substituents is 2. The van der Waals surface area contributed by atoms with Crippen LogP contribution in [0.25, 0.3) is 0 Å². The maximum absolute atomic E-state index is 11.1. The molecule has 0 aliphatic heterocycles. The molecule has 0 amide bonds. The molecule has 13 heteroatoms. The highest BCUT2D eigenvalue weighted by molar-refractivity contribution is 5.77. The lowest BCUT2D eigenvalue weighted by Gasteiger charge is -2.07. The largest absolute Gasteiger partial charge is 0.344 e. The van der Waals surface area contributed by atoms with Gasteiger partial charge in [0.15, 0.2) is 0 Å². The molecule has 0 unspecified atom stereocenters. The van der Waals surface area contributed by atoms with E-state index in [9.17, 15) is 40.5 Å². The Kier molecular flexibility index (Phi) is 4.49. The molecule has 0 heterocycles. The summed E-state index contributed by atoms with van der Waals surface area (Å²) in [6.45, 7) is 0. The molecule has 2 rings (SSSR count). The van der Waals surface area contributed by atoms with Crippen molar-refractivity contribution in [2.45, 2.75) is 0 Å². The summed E-state index contributed by atoms with van der Waals surface area (Å²) in [7, 11) is 0. The van der Waals surface area contributed by atoms with E-state index in [0.29, 0.717) is 12.1 Å². The van der Waals surface area contributed by atoms with Crippen LogP contribution in [0.5, 0.6) is 0 Å². The van der Waals surface area contributed by atoms with Crippen molar-refractivity contribution < 1.29 is 19.7 Å². The third kappa shape index (κ3) is 3.61. The monoisotopic (exact) mass is 349 g/mol. The third-order valence-corrected chi connectivity index (χ3v) is 3.05. The molecule has 13 nitrogen and oxygen atoms in total. The van der Waals surface area contributed by atoms with Crippen LogP contribution < -0.4 is 5.32 Å². The summed E-state index contributed by atoms with van der Waals surface area (Å²) >= 11 is 0. The average Bonchev–Trinajstić information content (AvgIpc) is 2.54. The van der Waals surface area contributed by atoms with Gasteiger partial charge in [-0.25, -0.2) is 0 Å². The van der Waals surface area contributed by atoms with Crippen LogP contribution in [0.2, 0.25) is 0 Å². The molecule has 1 N–H and O–H groups in total. The molecule has 0 saturated carbocycles. The normalized spacial score (nSPS) is 10.1. The number of hydrogen-bond donors (Lipinski definition) is 1. The molecule has 2 aromatic rings. The van der Waals surface area contributed by atoms with Crippen LogP contribution >= 0.6 is 0 Å². The van der Waals surface area contributed by atoms with Crippen molar-refractivity contribution in [3.63, 3.8) is 0 Å². The van der Waals surface area contributed by atoms with Crippen LogP contribution in [-0.2, 0) is 0 Å². The Morgan fingerprint density at radius 1 is 0.600 bits per heavy atom. The van der Waals surface area contributed by atoms with E-state index in [0.717, 1.165) is 24.3 Å². The topological polar surface area (TPSA) is 185 Å². The minimum Gasteiger partial charge on any atom is -0.344 e.